The summed E-state index contributed by atoms with van der Waals surface area (Å²) >= 11 is 0. The van der Waals surface area contributed by atoms with Crippen LogP contribution in [0.25, 0.3) is 0 Å². The second-order valence-electron chi connectivity index (χ2n) is 5.19. The van der Waals surface area contributed by atoms with Gasteiger partial charge in [0.05, 0.1) is 0 Å². The van der Waals surface area contributed by atoms with Crippen molar-refractivity contribution in [3.8, 4) is 0 Å². The molecule has 100 valence electrons. The van der Waals surface area contributed by atoms with Crippen LogP contribution >= 0.6 is 0 Å². The number of nitrogens with zero attached hydrogens (tertiary/aromatic N) is 2. The molecule has 0 aliphatic carbocycles. The van der Waals surface area contributed by atoms with Gasteiger partial charge < -0.3 is 10.0 Å². The Morgan fingerprint density at radius 2 is 2.18 bits per heavy atom. The van der Waals surface area contributed by atoms with E-state index in [0.29, 0.717) is 12.1 Å². The van der Waals surface area contributed by atoms with E-state index in [2.05, 4.69) is 30.7 Å². The molecule has 4 heteroatoms. The molecule has 0 spiro atoms. The van der Waals surface area contributed by atoms with Crippen molar-refractivity contribution >= 4 is 5.97 Å². The molecule has 0 radical (unpaired) electrons. The van der Waals surface area contributed by atoms with Gasteiger partial charge in [0, 0.05) is 25.0 Å². The standard InChI is InChI=1S/C13H26N2O2/c1-4-8-15-9-7-11(2)14(3)12(10-15)5-6-13(16)17/h11-12H,4-10H2,1-3H3,(H,16,17). The summed E-state index contributed by atoms with van der Waals surface area (Å²) in [5.41, 5.74) is 0. The molecule has 4 nitrogen and oxygen atoms in total. The second-order valence-corrected chi connectivity index (χ2v) is 5.19. The number of carbonyl (C=O) groups is 1. The van der Waals surface area contributed by atoms with Crippen LogP contribution in [0.5, 0.6) is 0 Å². The van der Waals surface area contributed by atoms with E-state index in [1.165, 1.54) is 12.8 Å². The molecule has 1 aliphatic heterocycles. The lowest BCUT2D eigenvalue weighted by Crippen LogP contribution is -2.42. The number of hydrogen-bond acceptors (Lipinski definition) is 3. The van der Waals surface area contributed by atoms with E-state index < -0.39 is 5.97 Å². The Labute approximate surface area is 105 Å². The summed E-state index contributed by atoms with van der Waals surface area (Å²) < 4.78 is 0. The van der Waals surface area contributed by atoms with Gasteiger partial charge in [-0.05, 0) is 46.3 Å². The van der Waals surface area contributed by atoms with Gasteiger partial charge in [0.25, 0.3) is 0 Å². The van der Waals surface area contributed by atoms with Crippen LogP contribution in [0.2, 0.25) is 0 Å². The number of rotatable bonds is 5. The molecule has 0 aromatic rings. The van der Waals surface area contributed by atoms with Gasteiger partial charge in [-0.1, -0.05) is 6.92 Å². The number of aliphatic carboxylic acids is 1. The topological polar surface area (TPSA) is 43.8 Å². The number of carboxylic acid groups (broad SMARTS) is 1. The van der Waals surface area contributed by atoms with Crippen molar-refractivity contribution in [1.82, 2.24) is 9.80 Å². The van der Waals surface area contributed by atoms with E-state index in [-0.39, 0.29) is 6.42 Å². The maximum Gasteiger partial charge on any atom is 0.303 e. The Balaban J connectivity index is 2.57. The zero-order valence-corrected chi connectivity index (χ0v) is 11.4. The highest BCUT2D eigenvalue weighted by Gasteiger charge is 2.26. The van der Waals surface area contributed by atoms with Gasteiger partial charge in [-0.3, -0.25) is 9.69 Å². The first kappa shape index (κ1) is 14.5. The van der Waals surface area contributed by atoms with E-state index in [1.54, 1.807) is 0 Å². The van der Waals surface area contributed by atoms with Crippen LogP contribution in [0, 0.1) is 0 Å². The van der Waals surface area contributed by atoms with Gasteiger partial charge in [0.2, 0.25) is 0 Å². The highest BCUT2D eigenvalue weighted by Crippen LogP contribution is 2.17. The molecule has 0 aromatic carbocycles. The first-order valence-corrected chi connectivity index (χ1v) is 6.70. The molecule has 1 rings (SSSR count). The maximum atomic E-state index is 10.7. The van der Waals surface area contributed by atoms with Crippen LogP contribution in [-0.2, 0) is 4.79 Å². The Hall–Kier alpha value is -0.610. The largest absolute Gasteiger partial charge is 0.481 e. The smallest absolute Gasteiger partial charge is 0.303 e. The highest BCUT2D eigenvalue weighted by atomic mass is 16.4. The third kappa shape index (κ3) is 4.64. The Bertz CT molecular complexity index is 246. The first-order valence-electron chi connectivity index (χ1n) is 6.70. The van der Waals surface area contributed by atoms with Gasteiger partial charge in [0.15, 0.2) is 0 Å². The Morgan fingerprint density at radius 1 is 1.47 bits per heavy atom. The molecule has 1 fully saturated rings. The maximum absolute atomic E-state index is 10.7. The van der Waals surface area contributed by atoms with Crippen LogP contribution in [0.15, 0.2) is 0 Å². The zero-order valence-electron chi connectivity index (χ0n) is 11.4. The lowest BCUT2D eigenvalue weighted by atomic mass is 10.1. The van der Waals surface area contributed by atoms with Crippen LogP contribution in [0.3, 0.4) is 0 Å². The van der Waals surface area contributed by atoms with Crippen molar-refractivity contribution in [3.05, 3.63) is 0 Å². The van der Waals surface area contributed by atoms with Gasteiger partial charge in [-0.15, -0.1) is 0 Å². The van der Waals surface area contributed by atoms with Crippen molar-refractivity contribution < 1.29 is 9.90 Å². The van der Waals surface area contributed by atoms with E-state index in [4.69, 9.17) is 5.11 Å². The summed E-state index contributed by atoms with van der Waals surface area (Å²) in [7, 11) is 2.13. The minimum atomic E-state index is -0.683. The van der Waals surface area contributed by atoms with Crippen LogP contribution in [0.1, 0.15) is 39.5 Å². The fourth-order valence-electron chi connectivity index (χ4n) is 2.56. The zero-order chi connectivity index (χ0) is 12.8. The van der Waals surface area contributed by atoms with Crippen molar-refractivity contribution in [2.45, 2.75) is 51.6 Å². The minimum absolute atomic E-state index is 0.279. The normalized spacial score (nSPS) is 27.9. The van der Waals surface area contributed by atoms with Crippen molar-refractivity contribution in [2.75, 3.05) is 26.7 Å². The van der Waals surface area contributed by atoms with E-state index in [1.807, 2.05) is 0 Å². The van der Waals surface area contributed by atoms with Crippen LogP contribution in [-0.4, -0.2) is 59.6 Å². The number of likely N-dealkylation sites (N-methyl/N-ethyl adjacent to an activating group) is 1. The number of carboxylic acids is 1. The lowest BCUT2D eigenvalue weighted by Gasteiger charge is -2.31. The SMILES string of the molecule is CCCN1CCC(C)N(C)C(CCC(=O)O)C1. The summed E-state index contributed by atoms with van der Waals surface area (Å²) in [6.07, 6.45) is 3.39. The molecule has 2 atom stereocenters. The summed E-state index contributed by atoms with van der Waals surface area (Å²) in [5.74, 6) is -0.683. The summed E-state index contributed by atoms with van der Waals surface area (Å²) in [5, 5.41) is 8.80. The minimum Gasteiger partial charge on any atom is -0.481 e. The average Bonchev–Trinajstić information content (AvgIpc) is 2.40. The van der Waals surface area contributed by atoms with E-state index >= 15 is 0 Å². The van der Waals surface area contributed by atoms with Gasteiger partial charge in [-0.2, -0.15) is 0 Å². The summed E-state index contributed by atoms with van der Waals surface area (Å²) in [6.45, 7) is 7.72. The Kier molecular flexibility index (Phi) is 5.92. The van der Waals surface area contributed by atoms with E-state index in [0.717, 1.165) is 26.1 Å². The Morgan fingerprint density at radius 3 is 2.76 bits per heavy atom. The monoisotopic (exact) mass is 242 g/mol. The second kappa shape index (κ2) is 6.97. The molecule has 2 unspecified atom stereocenters. The van der Waals surface area contributed by atoms with Gasteiger partial charge in [0.1, 0.15) is 0 Å². The molecular weight excluding hydrogens is 216 g/mol. The molecule has 1 aliphatic rings. The van der Waals surface area contributed by atoms with E-state index in [9.17, 15) is 4.79 Å². The van der Waals surface area contributed by atoms with Gasteiger partial charge >= 0.3 is 5.97 Å². The molecule has 0 bridgehead atoms. The highest BCUT2D eigenvalue weighted by molar-refractivity contribution is 5.66. The van der Waals surface area contributed by atoms with Crippen molar-refractivity contribution in [1.29, 1.82) is 0 Å². The molecule has 1 saturated heterocycles. The van der Waals surface area contributed by atoms with Crippen molar-refractivity contribution in [3.63, 3.8) is 0 Å². The quantitative estimate of drug-likeness (QED) is 0.796. The molecule has 0 aromatic heterocycles. The van der Waals surface area contributed by atoms with Gasteiger partial charge in [-0.25, -0.2) is 0 Å². The molecule has 17 heavy (non-hydrogen) atoms. The fraction of sp³-hybridized carbons (Fsp3) is 0.923. The van der Waals surface area contributed by atoms with Crippen LogP contribution < -0.4 is 0 Å². The average molecular weight is 242 g/mol. The number of hydrogen-bond donors (Lipinski definition) is 1. The molecular formula is C13H26N2O2. The lowest BCUT2D eigenvalue weighted by molar-refractivity contribution is -0.137. The predicted molar refractivity (Wildman–Crippen MR) is 69.2 cm³/mol. The third-order valence-corrected chi connectivity index (χ3v) is 3.83. The molecule has 0 saturated carbocycles. The predicted octanol–water partition coefficient (Wildman–Crippen LogP) is 1.66. The van der Waals surface area contributed by atoms with Crippen molar-refractivity contribution in [2.24, 2.45) is 0 Å². The molecule has 0 amide bonds. The third-order valence-electron chi connectivity index (χ3n) is 3.83. The molecule has 1 heterocycles. The van der Waals surface area contributed by atoms with Crippen LogP contribution in [0.4, 0.5) is 0 Å². The summed E-state index contributed by atoms with van der Waals surface area (Å²) in [6, 6.07) is 0.936. The fourth-order valence-corrected chi connectivity index (χ4v) is 2.56. The first-order chi connectivity index (χ1) is 8.04. The molecule has 1 N–H and O–H groups in total. The summed E-state index contributed by atoms with van der Waals surface area (Å²) in [4.78, 5) is 15.5.